The van der Waals surface area contributed by atoms with Gasteiger partial charge in [0, 0.05) is 13.0 Å². The van der Waals surface area contributed by atoms with Crippen molar-refractivity contribution in [3.05, 3.63) is 89.4 Å². The molecule has 4 rings (SSSR count). The highest BCUT2D eigenvalue weighted by molar-refractivity contribution is 8.15. The van der Waals surface area contributed by atoms with Crippen LogP contribution in [0.3, 0.4) is 0 Å². The molecule has 1 heterocycles. The highest BCUT2D eigenvalue weighted by Gasteiger charge is 2.36. The van der Waals surface area contributed by atoms with Gasteiger partial charge in [-0.15, -0.1) is 0 Å². The van der Waals surface area contributed by atoms with Crippen LogP contribution >= 0.6 is 23.4 Å². The van der Waals surface area contributed by atoms with Crippen molar-refractivity contribution in [1.29, 1.82) is 0 Å². The van der Waals surface area contributed by atoms with Gasteiger partial charge in [-0.3, -0.25) is 14.5 Å². The van der Waals surface area contributed by atoms with Gasteiger partial charge in [0.05, 0.1) is 23.5 Å². The minimum absolute atomic E-state index is 0.0807. The van der Waals surface area contributed by atoms with Crippen LogP contribution in [0.5, 0.6) is 5.75 Å². The number of hydrogen-bond donors (Lipinski definition) is 1. The molecule has 0 spiro atoms. The monoisotopic (exact) mass is 493 g/mol. The van der Waals surface area contributed by atoms with E-state index in [1.54, 1.807) is 36.3 Å². The van der Waals surface area contributed by atoms with Gasteiger partial charge < -0.3 is 10.1 Å². The molecule has 0 saturated carbocycles. The summed E-state index contributed by atoms with van der Waals surface area (Å²) in [7, 11) is 1.60. The molecule has 1 fully saturated rings. The zero-order chi connectivity index (χ0) is 23.9. The van der Waals surface area contributed by atoms with Crippen LogP contribution < -0.4 is 10.1 Å². The molecule has 1 saturated heterocycles. The third kappa shape index (κ3) is 5.98. The van der Waals surface area contributed by atoms with Crippen molar-refractivity contribution in [2.75, 3.05) is 19.0 Å². The normalized spacial score (nSPS) is 17.0. The summed E-state index contributed by atoms with van der Waals surface area (Å²) in [6.07, 6.45) is 0.767. The van der Waals surface area contributed by atoms with E-state index < -0.39 is 5.25 Å². The number of nitrogens with one attached hydrogen (secondary N) is 1. The number of anilines is 1. The summed E-state index contributed by atoms with van der Waals surface area (Å²) < 4.78 is 5.22. The van der Waals surface area contributed by atoms with Crippen LogP contribution in [0.25, 0.3) is 0 Å². The Labute approximate surface area is 208 Å². The first kappa shape index (κ1) is 23.9. The largest absolute Gasteiger partial charge is 0.497 e. The second-order valence-electron chi connectivity index (χ2n) is 7.65. The number of thioether (sulfide) groups is 1. The molecule has 2 amide bonds. The van der Waals surface area contributed by atoms with E-state index in [1.165, 1.54) is 11.8 Å². The Hall–Kier alpha value is -3.29. The minimum Gasteiger partial charge on any atom is -0.497 e. The number of para-hydroxylation sites is 1. The van der Waals surface area contributed by atoms with Crippen molar-refractivity contribution in [1.82, 2.24) is 4.90 Å². The molecular formula is C26H24ClN3O3S. The van der Waals surface area contributed by atoms with E-state index >= 15 is 0 Å². The van der Waals surface area contributed by atoms with E-state index in [1.807, 2.05) is 54.6 Å². The summed E-state index contributed by atoms with van der Waals surface area (Å²) in [6, 6.07) is 24.3. The molecule has 8 heteroatoms. The molecule has 0 bridgehead atoms. The molecule has 1 aliphatic heterocycles. The number of halogens is 1. The van der Waals surface area contributed by atoms with E-state index in [0.29, 0.717) is 40.3 Å². The fourth-order valence-corrected chi connectivity index (χ4v) is 4.80. The molecule has 174 valence electrons. The fourth-order valence-electron chi connectivity index (χ4n) is 3.49. The summed E-state index contributed by atoms with van der Waals surface area (Å²) in [5, 5.41) is 3.16. The van der Waals surface area contributed by atoms with Crippen molar-refractivity contribution in [3.8, 4) is 5.75 Å². The summed E-state index contributed by atoms with van der Waals surface area (Å²) in [4.78, 5) is 32.5. The molecule has 3 aromatic rings. The number of amidine groups is 1. The Morgan fingerprint density at radius 2 is 1.79 bits per heavy atom. The predicted octanol–water partition coefficient (Wildman–Crippen LogP) is 5.55. The zero-order valence-corrected chi connectivity index (χ0v) is 20.2. The summed E-state index contributed by atoms with van der Waals surface area (Å²) in [5.74, 6) is 0.298. The summed E-state index contributed by atoms with van der Waals surface area (Å²) >= 11 is 7.47. The highest BCUT2D eigenvalue weighted by Crippen LogP contribution is 2.31. The topological polar surface area (TPSA) is 71.0 Å². The molecule has 0 radical (unpaired) electrons. The van der Waals surface area contributed by atoms with Gasteiger partial charge in [-0.2, -0.15) is 0 Å². The molecule has 1 unspecified atom stereocenters. The number of ether oxygens (including phenoxy) is 1. The Bertz CT molecular complexity index is 1190. The molecule has 1 aliphatic rings. The first-order valence-electron chi connectivity index (χ1n) is 10.8. The fraction of sp³-hybridized carbons (Fsp3) is 0.192. The van der Waals surface area contributed by atoms with Crippen molar-refractivity contribution < 1.29 is 14.3 Å². The van der Waals surface area contributed by atoms with Gasteiger partial charge >= 0.3 is 0 Å². The lowest BCUT2D eigenvalue weighted by Gasteiger charge is -2.32. The number of benzene rings is 3. The first-order valence-corrected chi connectivity index (χ1v) is 12.1. The van der Waals surface area contributed by atoms with E-state index in [0.717, 1.165) is 5.56 Å². The lowest BCUT2D eigenvalue weighted by Crippen LogP contribution is -2.46. The number of carbonyl (C=O) groups excluding carboxylic acids is 2. The number of nitrogens with zero attached hydrogens (tertiary/aromatic N) is 2. The van der Waals surface area contributed by atoms with Gasteiger partial charge in [0.15, 0.2) is 5.17 Å². The average Bonchev–Trinajstić information content (AvgIpc) is 2.86. The smallest absolute Gasteiger partial charge is 0.238 e. The molecule has 0 aliphatic carbocycles. The Kier molecular flexibility index (Phi) is 7.87. The summed E-state index contributed by atoms with van der Waals surface area (Å²) in [5.41, 5.74) is 2.32. The second-order valence-corrected chi connectivity index (χ2v) is 9.23. The van der Waals surface area contributed by atoms with E-state index in [-0.39, 0.29) is 18.2 Å². The molecular weight excluding hydrogens is 470 g/mol. The first-order chi connectivity index (χ1) is 16.5. The van der Waals surface area contributed by atoms with Crippen LogP contribution in [0.2, 0.25) is 5.02 Å². The van der Waals surface area contributed by atoms with Crippen molar-refractivity contribution in [2.24, 2.45) is 4.99 Å². The van der Waals surface area contributed by atoms with Gasteiger partial charge in [-0.1, -0.05) is 65.8 Å². The number of carbonyl (C=O) groups is 2. The molecule has 1 atom stereocenters. The number of aliphatic imine (C=N–C) groups is 1. The Morgan fingerprint density at radius 1 is 1.09 bits per heavy atom. The number of methoxy groups -OCH3 is 1. The third-order valence-corrected chi connectivity index (χ3v) is 6.85. The van der Waals surface area contributed by atoms with Gasteiger partial charge in [-0.05, 0) is 48.4 Å². The number of amides is 2. The quantitative estimate of drug-likeness (QED) is 0.468. The zero-order valence-electron chi connectivity index (χ0n) is 18.6. The SMILES string of the molecule is COc1ccc(N=C2SC(C(=O)Nc3ccccc3Cl)CC(=O)N2CCc2ccccc2)cc1. The minimum atomic E-state index is -0.617. The van der Waals surface area contributed by atoms with E-state index in [4.69, 9.17) is 21.3 Å². The predicted molar refractivity (Wildman–Crippen MR) is 138 cm³/mol. The maximum Gasteiger partial charge on any atom is 0.238 e. The maximum absolute atomic E-state index is 13.2. The van der Waals surface area contributed by atoms with Crippen molar-refractivity contribution >= 4 is 51.7 Å². The third-order valence-electron chi connectivity index (χ3n) is 5.33. The lowest BCUT2D eigenvalue weighted by atomic mass is 10.1. The van der Waals surface area contributed by atoms with E-state index in [2.05, 4.69) is 5.32 Å². The van der Waals surface area contributed by atoms with Crippen LogP contribution in [-0.2, 0) is 16.0 Å². The van der Waals surface area contributed by atoms with Crippen LogP contribution in [0.4, 0.5) is 11.4 Å². The molecule has 0 aromatic heterocycles. The Morgan fingerprint density at radius 3 is 2.50 bits per heavy atom. The Balaban J connectivity index is 1.56. The summed E-state index contributed by atoms with van der Waals surface area (Å²) in [6.45, 7) is 0.476. The van der Waals surface area contributed by atoms with Gasteiger partial charge in [0.25, 0.3) is 0 Å². The van der Waals surface area contributed by atoms with Gasteiger partial charge in [0.1, 0.15) is 11.0 Å². The van der Waals surface area contributed by atoms with E-state index in [9.17, 15) is 9.59 Å². The van der Waals surface area contributed by atoms with Crippen molar-refractivity contribution in [2.45, 2.75) is 18.1 Å². The number of rotatable bonds is 7. The standard InChI is InChI=1S/C26H24ClN3O3S/c1-33-20-13-11-19(12-14-20)28-26-30(16-15-18-7-3-2-4-8-18)24(31)17-23(34-26)25(32)29-22-10-6-5-9-21(22)27/h2-14,23H,15-17H2,1H3,(H,29,32). The van der Waals surface area contributed by atoms with Crippen LogP contribution in [0.15, 0.2) is 83.9 Å². The molecule has 6 nitrogen and oxygen atoms in total. The average molecular weight is 494 g/mol. The van der Waals surface area contributed by atoms with Crippen molar-refractivity contribution in [3.63, 3.8) is 0 Å². The van der Waals surface area contributed by atoms with Gasteiger partial charge in [0.2, 0.25) is 11.8 Å². The lowest BCUT2D eigenvalue weighted by molar-refractivity contribution is -0.129. The second kappa shape index (κ2) is 11.2. The van der Waals surface area contributed by atoms with Crippen LogP contribution in [0.1, 0.15) is 12.0 Å². The molecule has 1 N–H and O–H groups in total. The highest BCUT2D eigenvalue weighted by atomic mass is 35.5. The number of hydrogen-bond acceptors (Lipinski definition) is 5. The van der Waals surface area contributed by atoms with Crippen LogP contribution in [-0.4, -0.2) is 40.8 Å². The molecule has 3 aromatic carbocycles. The maximum atomic E-state index is 13.2. The molecule has 34 heavy (non-hydrogen) atoms. The van der Waals surface area contributed by atoms with Gasteiger partial charge in [-0.25, -0.2) is 4.99 Å². The van der Waals surface area contributed by atoms with Crippen LogP contribution in [0, 0.1) is 0 Å².